The van der Waals surface area contributed by atoms with Crippen LogP contribution in [-0.4, -0.2) is 21.2 Å². The van der Waals surface area contributed by atoms with E-state index < -0.39 is 0 Å². The molecule has 5 rings (SSSR count). The Hall–Kier alpha value is -3.38. The van der Waals surface area contributed by atoms with Crippen molar-refractivity contribution in [2.45, 2.75) is 43.2 Å². The summed E-state index contributed by atoms with van der Waals surface area (Å²) in [5.74, 6) is 0.942. The van der Waals surface area contributed by atoms with Crippen LogP contribution in [0, 0.1) is 0 Å². The SMILES string of the molecule is O=C(CCc1nc2ccccc2n(CCc2ccccc2)c1=O)N[C@H]1CCSc2ccccc21. The van der Waals surface area contributed by atoms with Gasteiger partial charge in [0.05, 0.1) is 17.1 Å². The maximum atomic E-state index is 13.3. The molecule has 1 atom stereocenters. The second-order valence-electron chi connectivity index (χ2n) is 8.53. The zero-order chi connectivity index (χ0) is 23.3. The van der Waals surface area contributed by atoms with E-state index >= 15 is 0 Å². The predicted molar refractivity (Wildman–Crippen MR) is 137 cm³/mol. The number of hydrogen-bond donors (Lipinski definition) is 1. The molecule has 0 unspecified atom stereocenters. The molecular weight excluding hydrogens is 442 g/mol. The van der Waals surface area contributed by atoms with E-state index in [-0.39, 0.29) is 23.9 Å². The summed E-state index contributed by atoms with van der Waals surface area (Å²) < 4.78 is 1.80. The van der Waals surface area contributed by atoms with Crippen LogP contribution in [0.5, 0.6) is 0 Å². The quantitative estimate of drug-likeness (QED) is 0.417. The average Bonchev–Trinajstić information content (AvgIpc) is 2.88. The summed E-state index contributed by atoms with van der Waals surface area (Å²) in [7, 11) is 0. The van der Waals surface area contributed by atoms with Gasteiger partial charge in [0.15, 0.2) is 0 Å². The fourth-order valence-electron chi connectivity index (χ4n) is 4.51. The van der Waals surface area contributed by atoms with Crippen LogP contribution >= 0.6 is 11.8 Å². The van der Waals surface area contributed by atoms with E-state index in [1.165, 1.54) is 16.0 Å². The smallest absolute Gasteiger partial charge is 0.272 e. The van der Waals surface area contributed by atoms with Crippen LogP contribution in [-0.2, 0) is 24.2 Å². The lowest BCUT2D eigenvalue weighted by Gasteiger charge is -2.25. The lowest BCUT2D eigenvalue weighted by atomic mass is 10.0. The molecule has 1 aliphatic heterocycles. The molecule has 0 aliphatic carbocycles. The number of rotatable bonds is 7. The Morgan fingerprint density at radius 3 is 2.62 bits per heavy atom. The van der Waals surface area contributed by atoms with Crippen LogP contribution in [0.3, 0.4) is 0 Å². The molecule has 1 amide bonds. The number of thioether (sulfide) groups is 1. The first-order chi connectivity index (χ1) is 16.7. The minimum absolute atomic E-state index is 0.0250. The molecule has 4 aromatic rings. The molecular formula is C28H27N3O2S. The van der Waals surface area contributed by atoms with Crippen molar-refractivity contribution in [2.24, 2.45) is 0 Å². The number of carbonyl (C=O) groups excluding carboxylic acids is 1. The fourth-order valence-corrected chi connectivity index (χ4v) is 5.63. The first-order valence-electron chi connectivity index (χ1n) is 11.7. The van der Waals surface area contributed by atoms with Crippen molar-refractivity contribution in [1.29, 1.82) is 0 Å². The summed E-state index contributed by atoms with van der Waals surface area (Å²) in [6, 6.07) is 26.1. The van der Waals surface area contributed by atoms with Gasteiger partial charge in [-0.3, -0.25) is 9.59 Å². The van der Waals surface area contributed by atoms with Crippen LogP contribution in [0.15, 0.2) is 88.6 Å². The number of fused-ring (bicyclic) bond motifs is 2. The number of benzene rings is 3. The van der Waals surface area contributed by atoms with Gasteiger partial charge in [0, 0.05) is 30.0 Å². The topological polar surface area (TPSA) is 64.0 Å². The number of nitrogens with zero attached hydrogens (tertiary/aromatic N) is 2. The molecule has 1 aliphatic rings. The number of nitrogens with one attached hydrogen (secondary N) is 1. The van der Waals surface area contributed by atoms with E-state index in [0.29, 0.717) is 18.7 Å². The molecule has 0 bridgehead atoms. The standard InChI is InChI=1S/C28H27N3O2S/c32-27(30-22-17-19-34-26-13-7-4-10-21(22)26)15-14-24-28(33)31(18-16-20-8-2-1-3-9-20)25-12-6-5-11-23(25)29-24/h1-13,22H,14-19H2,(H,30,32)/t22-/m0/s1. The van der Waals surface area contributed by atoms with Gasteiger partial charge < -0.3 is 9.88 Å². The average molecular weight is 470 g/mol. The monoisotopic (exact) mass is 469 g/mol. The van der Waals surface area contributed by atoms with Gasteiger partial charge in [0.25, 0.3) is 5.56 Å². The van der Waals surface area contributed by atoms with Crippen molar-refractivity contribution in [3.8, 4) is 0 Å². The highest BCUT2D eigenvalue weighted by molar-refractivity contribution is 7.99. The van der Waals surface area contributed by atoms with Gasteiger partial charge in [-0.25, -0.2) is 4.98 Å². The Labute approximate surface area is 203 Å². The molecule has 0 saturated carbocycles. The number of carbonyl (C=O) groups is 1. The van der Waals surface area contributed by atoms with E-state index in [1.54, 1.807) is 4.57 Å². The third-order valence-corrected chi connectivity index (χ3v) is 7.39. The summed E-state index contributed by atoms with van der Waals surface area (Å²) >= 11 is 1.83. The molecule has 0 spiro atoms. The van der Waals surface area contributed by atoms with Crippen molar-refractivity contribution in [3.63, 3.8) is 0 Å². The maximum absolute atomic E-state index is 13.3. The van der Waals surface area contributed by atoms with E-state index in [9.17, 15) is 9.59 Å². The zero-order valence-electron chi connectivity index (χ0n) is 18.9. The van der Waals surface area contributed by atoms with Crippen LogP contribution < -0.4 is 10.9 Å². The van der Waals surface area contributed by atoms with Crippen molar-refractivity contribution in [2.75, 3.05) is 5.75 Å². The molecule has 6 heteroatoms. The van der Waals surface area contributed by atoms with Gasteiger partial charge in [0.2, 0.25) is 5.91 Å². The third-order valence-electron chi connectivity index (χ3n) is 6.27. The van der Waals surface area contributed by atoms with Gasteiger partial charge in [0.1, 0.15) is 5.69 Å². The minimum atomic E-state index is -0.109. The van der Waals surface area contributed by atoms with Gasteiger partial charge >= 0.3 is 0 Å². The maximum Gasteiger partial charge on any atom is 0.272 e. The van der Waals surface area contributed by atoms with Crippen LogP contribution in [0.4, 0.5) is 0 Å². The highest BCUT2D eigenvalue weighted by Gasteiger charge is 2.22. The Kier molecular flexibility index (Phi) is 6.77. The Morgan fingerprint density at radius 1 is 0.971 bits per heavy atom. The summed E-state index contributed by atoms with van der Waals surface area (Å²) in [5, 5.41) is 3.17. The molecule has 172 valence electrons. The predicted octanol–water partition coefficient (Wildman–Crippen LogP) is 4.93. The van der Waals surface area contributed by atoms with Crippen molar-refractivity contribution < 1.29 is 4.79 Å². The van der Waals surface area contributed by atoms with Gasteiger partial charge in [-0.15, -0.1) is 11.8 Å². The Morgan fingerprint density at radius 2 is 1.74 bits per heavy atom. The van der Waals surface area contributed by atoms with Crippen LogP contribution in [0.1, 0.15) is 35.7 Å². The molecule has 1 aromatic heterocycles. The summed E-state index contributed by atoms with van der Waals surface area (Å²) in [4.78, 5) is 32.0. The molecule has 1 N–H and O–H groups in total. The third kappa shape index (κ3) is 4.92. The second kappa shape index (κ2) is 10.3. The molecule has 34 heavy (non-hydrogen) atoms. The normalized spacial score (nSPS) is 15.1. The van der Waals surface area contributed by atoms with E-state index in [4.69, 9.17) is 0 Å². The second-order valence-corrected chi connectivity index (χ2v) is 9.67. The van der Waals surface area contributed by atoms with Gasteiger partial charge in [-0.2, -0.15) is 0 Å². The molecule has 3 aromatic carbocycles. The Balaban J connectivity index is 1.32. The first kappa shape index (κ1) is 22.4. The first-order valence-corrected chi connectivity index (χ1v) is 12.7. The molecule has 5 nitrogen and oxygen atoms in total. The lowest BCUT2D eigenvalue weighted by Crippen LogP contribution is -2.32. The number of aryl methyl sites for hydroxylation is 3. The van der Waals surface area contributed by atoms with E-state index in [1.807, 2.05) is 66.4 Å². The minimum Gasteiger partial charge on any atom is -0.349 e. The largest absolute Gasteiger partial charge is 0.349 e. The highest BCUT2D eigenvalue weighted by Crippen LogP contribution is 2.35. The fraction of sp³-hybridized carbons (Fsp3) is 0.250. The number of hydrogen-bond acceptors (Lipinski definition) is 4. The molecule has 0 saturated heterocycles. The number of aromatic nitrogens is 2. The zero-order valence-corrected chi connectivity index (χ0v) is 19.8. The van der Waals surface area contributed by atoms with Crippen LogP contribution in [0.2, 0.25) is 0 Å². The molecule has 2 heterocycles. The molecule has 0 radical (unpaired) electrons. The Bertz CT molecular complexity index is 1370. The molecule has 0 fully saturated rings. The van der Waals surface area contributed by atoms with E-state index in [0.717, 1.165) is 29.6 Å². The van der Waals surface area contributed by atoms with Crippen molar-refractivity contribution in [3.05, 3.63) is 106 Å². The summed E-state index contributed by atoms with van der Waals surface area (Å²) in [6.07, 6.45) is 2.23. The lowest BCUT2D eigenvalue weighted by molar-refractivity contribution is -0.121. The highest BCUT2D eigenvalue weighted by atomic mass is 32.2. The van der Waals surface area contributed by atoms with E-state index in [2.05, 4.69) is 34.6 Å². The summed E-state index contributed by atoms with van der Waals surface area (Å²) in [6.45, 7) is 0.571. The van der Waals surface area contributed by atoms with Gasteiger partial charge in [-0.05, 0) is 42.2 Å². The number of amides is 1. The number of para-hydroxylation sites is 2. The van der Waals surface area contributed by atoms with Crippen molar-refractivity contribution in [1.82, 2.24) is 14.9 Å². The van der Waals surface area contributed by atoms with Crippen LogP contribution in [0.25, 0.3) is 11.0 Å². The van der Waals surface area contributed by atoms with Crippen molar-refractivity contribution >= 4 is 28.7 Å². The summed E-state index contributed by atoms with van der Waals surface area (Å²) in [5.41, 5.74) is 4.31. The van der Waals surface area contributed by atoms with Gasteiger partial charge in [-0.1, -0.05) is 60.7 Å².